The van der Waals surface area contributed by atoms with Crippen molar-refractivity contribution >= 4 is 23.9 Å². The van der Waals surface area contributed by atoms with Gasteiger partial charge in [-0.05, 0) is 45.4 Å². The van der Waals surface area contributed by atoms with Crippen molar-refractivity contribution in [2.24, 2.45) is 0 Å². The molecule has 0 unspecified atom stereocenters. The summed E-state index contributed by atoms with van der Waals surface area (Å²) in [5, 5.41) is 7.26. The number of urea groups is 2. The largest absolute Gasteiger partial charge is 0.454 e. The van der Waals surface area contributed by atoms with Crippen molar-refractivity contribution in [1.29, 1.82) is 0 Å². The Labute approximate surface area is 161 Å². The third-order valence-corrected chi connectivity index (χ3v) is 4.27. The molecule has 1 saturated heterocycles. The van der Waals surface area contributed by atoms with Crippen LogP contribution >= 0.6 is 0 Å². The van der Waals surface area contributed by atoms with Crippen molar-refractivity contribution in [3.8, 4) is 11.5 Å². The Morgan fingerprint density at radius 2 is 1.89 bits per heavy atom. The maximum absolute atomic E-state index is 12.9. The molecule has 0 aromatic heterocycles. The van der Waals surface area contributed by atoms with E-state index in [2.05, 4.69) is 16.0 Å². The fourth-order valence-electron chi connectivity index (χ4n) is 2.93. The van der Waals surface area contributed by atoms with Gasteiger partial charge in [0.05, 0.1) is 0 Å². The maximum Gasteiger partial charge on any atom is 0.325 e. The molecule has 3 rings (SSSR count). The lowest BCUT2D eigenvalue weighted by atomic mass is 9.91. The monoisotopic (exact) mass is 390 g/mol. The molecule has 0 radical (unpaired) electrons. The molecule has 0 saturated carbocycles. The molecule has 150 valence electrons. The molecule has 0 aliphatic carbocycles. The van der Waals surface area contributed by atoms with Crippen molar-refractivity contribution < 1.29 is 28.7 Å². The number of benzene rings is 1. The first-order valence-corrected chi connectivity index (χ1v) is 8.66. The quantitative estimate of drug-likeness (QED) is 0.656. The highest BCUT2D eigenvalue weighted by molar-refractivity contribution is 6.10. The number of rotatable bonds is 3. The summed E-state index contributed by atoms with van der Waals surface area (Å²) in [6, 6.07) is 3.47. The minimum absolute atomic E-state index is 0.0821. The van der Waals surface area contributed by atoms with E-state index in [4.69, 9.17) is 9.47 Å². The van der Waals surface area contributed by atoms with Crippen LogP contribution in [0.5, 0.6) is 11.5 Å². The molecule has 1 aromatic carbocycles. The number of carbonyl (C=O) groups excluding carboxylic acids is 4. The number of nitrogens with zero attached hydrogens (tertiary/aromatic N) is 1. The summed E-state index contributed by atoms with van der Waals surface area (Å²) >= 11 is 0. The molecule has 0 spiro atoms. The molecule has 2 aliphatic rings. The number of ether oxygens (including phenoxy) is 2. The summed E-state index contributed by atoms with van der Waals surface area (Å²) in [5.41, 5.74) is -1.42. The summed E-state index contributed by atoms with van der Waals surface area (Å²) in [6.45, 7) is 6.30. The Morgan fingerprint density at radius 3 is 2.57 bits per heavy atom. The summed E-state index contributed by atoms with van der Waals surface area (Å²) in [5.74, 6) is -0.371. The smallest absolute Gasteiger partial charge is 0.325 e. The van der Waals surface area contributed by atoms with Crippen LogP contribution in [0.15, 0.2) is 18.2 Å². The van der Waals surface area contributed by atoms with Crippen LogP contribution in [0, 0.1) is 0 Å². The summed E-state index contributed by atoms with van der Waals surface area (Å²) < 4.78 is 10.6. The molecule has 2 heterocycles. The molecule has 1 fully saturated rings. The van der Waals surface area contributed by atoms with Gasteiger partial charge < -0.3 is 20.1 Å². The van der Waals surface area contributed by atoms with Gasteiger partial charge in [0.15, 0.2) is 11.5 Å². The average Bonchev–Trinajstić information content (AvgIpc) is 3.11. The Balaban J connectivity index is 1.71. The van der Waals surface area contributed by atoms with Gasteiger partial charge in [0.25, 0.3) is 5.91 Å². The van der Waals surface area contributed by atoms with E-state index in [1.165, 1.54) is 6.92 Å². The molecule has 0 bridgehead atoms. The maximum atomic E-state index is 12.9. The van der Waals surface area contributed by atoms with Crippen LogP contribution in [0.3, 0.4) is 0 Å². The van der Waals surface area contributed by atoms with Gasteiger partial charge in [0, 0.05) is 5.54 Å². The topological polar surface area (TPSA) is 126 Å². The Morgan fingerprint density at radius 1 is 1.21 bits per heavy atom. The Kier molecular flexibility index (Phi) is 4.66. The minimum Gasteiger partial charge on any atom is -0.454 e. The van der Waals surface area contributed by atoms with Crippen LogP contribution in [-0.4, -0.2) is 47.7 Å². The van der Waals surface area contributed by atoms with Crippen molar-refractivity contribution in [2.45, 2.75) is 38.8 Å². The summed E-state index contributed by atoms with van der Waals surface area (Å²) in [4.78, 5) is 49.9. The fourth-order valence-corrected chi connectivity index (χ4v) is 2.93. The van der Waals surface area contributed by atoms with Crippen LogP contribution in [-0.2, 0) is 15.1 Å². The van der Waals surface area contributed by atoms with Gasteiger partial charge in [-0.3, -0.25) is 19.8 Å². The second-order valence-corrected chi connectivity index (χ2v) is 7.77. The van der Waals surface area contributed by atoms with Crippen LogP contribution in [0.25, 0.3) is 0 Å². The Hall–Kier alpha value is -3.30. The van der Waals surface area contributed by atoms with Gasteiger partial charge in [-0.25, -0.2) is 9.59 Å². The van der Waals surface area contributed by atoms with Crippen molar-refractivity contribution in [3.63, 3.8) is 0 Å². The molecule has 3 N–H and O–H groups in total. The van der Waals surface area contributed by atoms with E-state index in [0.717, 1.165) is 4.90 Å². The van der Waals surface area contributed by atoms with Gasteiger partial charge >= 0.3 is 12.1 Å². The first kappa shape index (κ1) is 19.5. The third kappa shape index (κ3) is 3.71. The zero-order valence-corrected chi connectivity index (χ0v) is 16.0. The molecule has 2 aliphatic heterocycles. The highest BCUT2D eigenvalue weighted by Gasteiger charge is 2.50. The number of amides is 6. The van der Waals surface area contributed by atoms with E-state index >= 15 is 0 Å². The van der Waals surface area contributed by atoms with Crippen LogP contribution in [0.2, 0.25) is 0 Å². The summed E-state index contributed by atoms with van der Waals surface area (Å²) in [7, 11) is 0. The average molecular weight is 390 g/mol. The standard InChI is InChI=1S/C18H22N4O6/c1-17(2,3)20-15(25)19-13(23)8-22-14(24)18(4,21-16(22)26)10-5-6-11-12(7-10)28-9-27-11/h5-7H,8-9H2,1-4H3,(H,21,26)(H2,19,20,23,25)/t18-/m1/s1. The van der Waals surface area contributed by atoms with Gasteiger partial charge in [0.1, 0.15) is 12.1 Å². The van der Waals surface area contributed by atoms with Crippen LogP contribution in [0.1, 0.15) is 33.3 Å². The fraction of sp³-hybridized carbons (Fsp3) is 0.444. The number of nitrogens with one attached hydrogen (secondary N) is 3. The molecule has 10 nitrogen and oxygen atoms in total. The van der Waals surface area contributed by atoms with Gasteiger partial charge in [-0.15, -0.1) is 0 Å². The van der Waals surface area contributed by atoms with Gasteiger partial charge in [0.2, 0.25) is 12.7 Å². The highest BCUT2D eigenvalue weighted by Crippen LogP contribution is 2.37. The number of carbonyl (C=O) groups is 4. The molecular weight excluding hydrogens is 368 g/mol. The first-order chi connectivity index (χ1) is 13.0. The lowest BCUT2D eigenvalue weighted by Gasteiger charge is -2.22. The lowest BCUT2D eigenvalue weighted by molar-refractivity contribution is -0.134. The number of fused-ring (bicyclic) bond motifs is 1. The van der Waals surface area contributed by atoms with Crippen molar-refractivity contribution in [2.75, 3.05) is 13.3 Å². The highest BCUT2D eigenvalue weighted by atomic mass is 16.7. The van der Waals surface area contributed by atoms with Crippen LogP contribution < -0.4 is 25.4 Å². The zero-order valence-electron chi connectivity index (χ0n) is 16.0. The van der Waals surface area contributed by atoms with E-state index in [9.17, 15) is 19.2 Å². The van der Waals surface area contributed by atoms with Crippen LogP contribution in [0.4, 0.5) is 9.59 Å². The SMILES string of the molecule is CC(C)(C)NC(=O)NC(=O)CN1C(=O)N[C@](C)(c2ccc3c(c2)OCO3)C1=O. The van der Waals surface area contributed by atoms with Gasteiger partial charge in [-0.2, -0.15) is 0 Å². The molecular formula is C18H22N4O6. The summed E-state index contributed by atoms with van der Waals surface area (Å²) in [6.07, 6.45) is 0. The molecule has 6 amide bonds. The predicted octanol–water partition coefficient (Wildman–Crippen LogP) is 0.807. The molecule has 10 heteroatoms. The zero-order chi connectivity index (χ0) is 20.7. The lowest BCUT2D eigenvalue weighted by Crippen LogP contribution is -2.51. The second-order valence-electron chi connectivity index (χ2n) is 7.77. The molecule has 1 atom stereocenters. The third-order valence-electron chi connectivity index (χ3n) is 4.27. The van der Waals surface area contributed by atoms with E-state index in [-0.39, 0.29) is 6.79 Å². The van der Waals surface area contributed by atoms with E-state index in [1.807, 2.05) is 0 Å². The second kappa shape index (κ2) is 6.70. The van der Waals surface area contributed by atoms with Crippen molar-refractivity contribution in [1.82, 2.24) is 20.9 Å². The molecule has 28 heavy (non-hydrogen) atoms. The number of imide groups is 2. The van der Waals surface area contributed by atoms with Gasteiger partial charge in [-0.1, -0.05) is 6.07 Å². The van der Waals surface area contributed by atoms with Crippen molar-refractivity contribution in [3.05, 3.63) is 23.8 Å². The van der Waals surface area contributed by atoms with E-state index in [1.54, 1.807) is 39.0 Å². The predicted molar refractivity (Wildman–Crippen MR) is 96.6 cm³/mol. The normalized spacial score (nSPS) is 20.8. The van der Waals surface area contributed by atoms with E-state index in [0.29, 0.717) is 17.1 Å². The molecule has 1 aromatic rings. The number of hydrogen-bond donors (Lipinski definition) is 3. The Bertz CT molecular complexity index is 862. The minimum atomic E-state index is -1.37. The number of hydrogen-bond acceptors (Lipinski definition) is 6. The first-order valence-electron chi connectivity index (χ1n) is 8.66. The van der Waals surface area contributed by atoms with E-state index < -0.39 is 41.5 Å².